The van der Waals surface area contributed by atoms with Gasteiger partial charge in [0, 0.05) is 26.1 Å². The number of carboxylic acid groups (broad SMARTS) is 1. The maximum atomic E-state index is 12.2. The van der Waals surface area contributed by atoms with Gasteiger partial charge in [-0.25, -0.2) is 4.79 Å². The van der Waals surface area contributed by atoms with E-state index in [0.717, 1.165) is 6.42 Å². The van der Waals surface area contributed by atoms with Crippen molar-refractivity contribution in [2.45, 2.75) is 33.1 Å². The number of hydrogen-bond donors (Lipinski definition) is 2. The molecule has 0 aliphatic heterocycles. The maximum absolute atomic E-state index is 12.2. The molecule has 0 heterocycles. The van der Waals surface area contributed by atoms with Gasteiger partial charge < -0.3 is 15.3 Å². The van der Waals surface area contributed by atoms with Gasteiger partial charge >= 0.3 is 12.0 Å². The topological polar surface area (TPSA) is 69.6 Å². The lowest BCUT2D eigenvalue weighted by molar-refractivity contribution is -0.137. The number of nitrogens with zero attached hydrogens (tertiary/aromatic N) is 1. The van der Waals surface area contributed by atoms with Gasteiger partial charge in [0.15, 0.2) is 0 Å². The number of carbonyl (C=O) groups is 2. The second kappa shape index (κ2) is 9.82. The molecule has 0 aromatic heterocycles. The fourth-order valence-electron chi connectivity index (χ4n) is 2.17. The SMILES string of the molecule is CC(C)CN(CCc1ccccc1)C(=O)NCCCC(=O)O. The van der Waals surface area contributed by atoms with Crippen LogP contribution in [0.2, 0.25) is 0 Å². The van der Waals surface area contributed by atoms with Crippen molar-refractivity contribution >= 4 is 12.0 Å². The van der Waals surface area contributed by atoms with Crippen LogP contribution in [-0.2, 0) is 11.2 Å². The molecule has 1 rings (SSSR count). The van der Waals surface area contributed by atoms with Crippen molar-refractivity contribution in [2.24, 2.45) is 5.92 Å². The molecule has 0 bridgehead atoms. The molecule has 0 aliphatic carbocycles. The third-order valence-corrected chi connectivity index (χ3v) is 3.23. The molecule has 1 aromatic carbocycles. The minimum Gasteiger partial charge on any atom is -0.481 e. The molecular formula is C17H26N2O3. The van der Waals surface area contributed by atoms with E-state index in [9.17, 15) is 9.59 Å². The molecule has 1 aromatic rings. The Morgan fingerprint density at radius 1 is 1.23 bits per heavy atom. The van der Waals surface area contributed by atoms with Crippen LogP contribution in [-0.4, -0.2) is 41.6 Å². The number of carboxylic acids is 1. The predicted molar refractivity (Wildman–Crippen MR) is 86.8 cm³/mol. The number of rotatable bonds is 9. The summed E-state index contributed by atoms with van der Waals surface area (Å²) in [4.78, 5) is 24.5. The van der Waals surface area contributed by atoms with Gasteiger partial charge in [-0.1, -0.05) is 44.2 Å². The summed E-state index contributed by atoms with van der Waals surface area (Å²) in [6.45, 7) is 5.90. The van der Waals surface area contributed by atoms with E-state index < -0.39 is 5.97 Å². The Morgan fingerprint density at radius 2 is 1.91 bits per heavy atom. The molecule has 0 radical (unpaired) electrons. The summed E-state index contributed by atoms with van der Waals surface area (Å²) < 4.78 is 0. The molecule has 5 heteroatoms. The number of carbonyl (C=O) groups excluding carboxylic acids is 1. The average Bonchev–Trinajstić information content (AvgIpc) is 2.48. The second-order valence-corrected chi connectivity index (χ2v) is 5.80. The Labute approximate surface area is 132 Å². The van der Waals surface area contributed by atoms with Crippen molar-refractivity contribution in [3.8, 4) is 0 Å². The molecule has 0 saturated heterocycles. The van der Waals surface area contributed by atoms with Gasteiger partial charge in [-0.15, -0.1) is 0 Å². The minimum absolute atomic E-state index is 0.0779. The fourth-order valence-corrected chi connectivity index (χ4v) is 2.17. The monoisotopic (exact) mass is 306 g/mol. The second-order valence-electron chi connectivity index (χ2n) is 5.80. The molecule has 5 nitrogen and oxygen atoms in total. The average molecular weight is 306 g/mol. The van der Waals surface area contributed by atoms with Crippen LogP contribution < -0.4 is 5.32 Å². The van der Waals surface area contributed by atoms with E-state index in [4.69, 9.17) is 5.11 Å². The smallest absolute Gasteiger partial charge is 0.317 e. The standard InChI is InChI=1S/C17H26N2O3/c1-14(2)13-19(12-10-15-7-4-3-5-8-15)17(22)18-11-6-9-16(20)21/h3-5,7-8,14H,6,9-13H2,1-2H3,(H,18,22)(H,20,21). The van der Waals surface area contributed by atoms with Crippen molar-refractivity contribution in [1.82, 2.24) is 10.2 Å². The van der Waals surface area contributed by atoms with Gasteiger partial charge in [0.05, 0.1) is 0 Å². The van der Waals surface area contributed by atoms with Crippen LogP contribution >= 0.6 is 0 Å². The van der Waals surface area contributed by atoms with Crippen LogP contribution in [0.4, 0.5) is 4.79 Å². The van der Waals surface area contributed by atoms with Crippen LogP contribution in [0.15, 0.2) is 30.3 Å². The van der Waals surface area contributed by atoms with E-state index in [1.807, 2.05) is 18.2 Å². The lowest BCUT2D eigenvalue weighted by Crippen LogP contribution is -2.43. The summed E-state index contributed by atoms with van der Waals surface area (Å²) in [6.07, 6.45) is 1.35. The van der Waals surface area contributed by atoms with E-state index in [1.54, 1.807) is 4.90 Å². The van der Waals surface area contributed by atoms with E-state index in [2.05, 4.69) is 31.3 Å². The van der Waals surface area contributed by atoms with Gasteiger partial charge in [0.25, 0.3) is 0 Å². The van der Waals surface area contributed by atoms with Crippen molar-refractivity contribution in [1.29, 1.82) is 0 Å². The maximum Gasteiger partial charge on any atom is 0.317 e. The molecule has 0 spiro atoms. The highest BCUT2D eigenvalue weighted by Crippen LogP contribution is 2.05. The Balaban J connectivity index is 2.44. The van der Waals surface area contributed by atoms with Gasteiger partial charge in [-0.3, -0.25) is 4.79 Å². The number of aliphatic carboxylic acids is 1. The molecule has 0 aliphatic rings. The minimum atomic E-state index is -0.836. The summed E-state index contributed by atoms with van der Waals surface area (Å²) >= 11 is 0. The summed E-state index contributed by atoms with van der Waals surface area (Å²) in [6, 6.07) is 9.96. The zero-order valence-corrected chi connectivity index (χ0v) is 13.4. The van der Waals surface area contributed by atoms with Crippen LogP contribution in [0.1, 0.15) is 32.3 Å². The molecule has 22 heavy (non-hydrogen) atoms. The van der Waals surface area contributed by atoms with Gasteiger partial charge in [-0.05, 0) is 24.3 Å². The molecule has 122 valence electrons. The quantitative estimate of drug-likeness (QED) is 0.689. The first kappa shape index (κ1) is 18.0. The molecule has 2 N–H and O–H groups in total. The van der Waals surface area contributed by atoms with Crippen molar-refractivity contribution < 1.29 is 14.7 Å². The number of amides is 2. The highest BCUT2D eigenvalue weighted by molar-refractivity contribution is 5.74. The van der Waals surface area contributed by atoms with Crippen molar-refractivity contribution in [3.63, 3.8) is 0 Å². The molecule has 0 unspecified atom stereocenters. The molecule has 0 atom stereocenters. The molecule has 2 amide bonds. The van der Waals surface area contributed by atoms with E-state index in [-0.39, 0.29) is 12.5 Å². The normalized spacial score (nSPS) is 10.5. The Hall–Kier alpha value is -2.04. The summed E-state index contributed by atoms with van der Waals surface area (Å²) in [5.41, 5.74) is 1.20. The van der Waals surface area contributed by atoms with Crippen molar-refractivity contribution in [3.05, 3.63) is 35.9 Å². The number of nitrogens with one attached hydrogen (secondary N) is 1. The summed E-state index contributed by atoms with van der Waals surface area (Å²) in [5, 5.41) is 11.4. The van der Waals surface area contributed by atoms with Crippen LogP contribution in [0.25, 0.3) is 0 Å². The Bertz CT molecular complexity index is 460. The Morgan fingerprint density at radius 3 is 2.50 bits per heavy atom. The Kier molecular flexibility index (Phi) is 8.04. The van der Waals surface area contributed by atoms with Crippen LogP contribution in [0, 0.1) is 5.92 Å². The first-order valence-electron chi connectivity index (χ1n) is 7.77. The third-order valence-electron chi connectivity index (χ3n) is 3.23. The zero-order valence-electron chi connectivity index (χ0n) is 13.4. The highest BCUT2D eigenvalue weighted by atomic mass is 16.4. The predicted octanol–water partition coefficient (Wildman–Crippen LogP) is 2.76. The number of benzene rings is 1. The molecule has 0 fully saturated rings. The first-order chi connectivity index (χ1) is 10.5. The van der Waals surface area contributed by atoms with Gasteiger partial charge in [0.1, 0.15) is 0 Å². The molecular weight excluding hydrogens is 280 g/mol. The highest BCUT2D eigenvalue weighted by Gasteiger charge is 2.14. The van der Waals surface area contributed by atoms with Gasteiger partial charge in [-0.2, -0.15) is 0 Å². The van der Waals surface area contributed by atoms with Crippen LogP contribution in [0.5, 0.6) is 0 Å². The summed E-state index contributed by atoms with van der Waals surface area (Å²) in [7, 11) is 0. The lowest BCUT2D eigenvalue weighted by atomic mass is 10.1. The van der Waals surface area contributed by atoms with E-state index >= 15 is 0 Å². The van der Waals surface area contributed by atoms with E-state index in [0.29, 0.717) is 32.0 Å². The summed E-state index contributed by atoms with van der Waals surface area (Å²) in [5.74, 6) is -0.446. The van der Waals surface area contributed by atoms with Crippen molar-refractivity contribution in [2.75, 3.05) is 19.6 Å². The number of hydrogen-bond acceptors (Lipinski definition) is 2. The number of urea groups is 1. The lowest BCUT2D eigenvalue weighted by Gasteiger charge is -2.25. The fraction of sp³-hybridized carbons (Fsp3) is 0.529. The zero-order chi connectivity index (χ0) is 16.4. The first-order valence-corrected chi connectivity index (χ1v) is 7.77. The largest absolute Gasteiger partial charge is 0.481 e. The van der Waals surface area contributed by atoms with Crippen LogP contribution in [0.3, 0.4) is 0 Å². The third kappa shape index (κ3) is 7.67. The van der Waals surface area contributed by atoms with Gasteiger partial charge in [0.2, 0.25) is 0 Å². The van der Waals surface area contributed by atoms with E-state index in [1.165, 1.54) is 5.56 Å². The molecule has 0 saturated carbocycles.